The average molecular weight is 327 g/mol. The van der Waals surface area contributed by atoms with Crippen molar-refractivity contribution in [3.05, 3.63) is 39.9 Å². The van der Waals surface area contributed by atoms with Gasteiger partial charge in [-0.3, -0.25) is 9.59 Å². The van der Waals surface area contributed by atoms with Gasteiger partial charge in [0.2, 0.25) is 11.8 Å². The van der Waals surface area contributed by atoms with E-state index < -0.39 is 0 Å². The average Bonchev–Trinajstić information content (AvgIpc) is 2.48. The Balaban J connectivity index is 1.97. The van der Waals surface area contributed by atoms with E-state index in [1.54, 1.807) is 29.2 Å². The summed E-state index contributed by atoms with van der Waals surface area (Å²) < 4.78 is 0. The maximum absolute atomic E-state index is 12.1. The molecule has 1 heterocycles. The van der Waals surface area contributed by atoms with Gasteiger partial charge in [-0.2, -0.15) is 0 Å². The number of benzene rings is 1. The number of rotatable bonds is 3. The molecule has 0 radical (unpaired) electrons. The number of hydrogen-bond acceptors (Lipinski definition) is 2. The molecular weight excluding hydrogens is 311 g/mol. The summed E-state index contributed by atoms with van der Waals surface area (Å²) >= 11 is 12.0. The number of primary amides is 1. The summed E-state index contributed by atoms with van der Waals surface area (Å²) in [7, 11) is 0. The Bertz CT molecular complexity index is 579. The Morgan fingerprint density at radius 3 is 2.52 bits per heavy atom. The van der Waals surface area contributed by atoms with Gasteiger partial charge in [0.15, 0.2) is 0 Å². The Morgan fingerprint density at radius 1 is 1.24 bits per heavy atom. The van der Waals surface area contributed by atoms with Gasteiger partial charge in [-0.05, 0) is 30.5 Å². The summed E-state index contributed by atoms with van der Waals surface area (Å²) in [5.41, 5.74) is 5.97. The highest BCUT2D eigenvalue weighted by atomic mass is 35.5. The molecule has 0 bridgehead atoms. The molecule has 21 heavy (non-hydrogen) atoms. The topological polar surface area (TPSA) is 63.4 Å². The van der Waals surface area contributed by atoms with E-state index in [1.165, 1.54) is 6.08 Å². The van der Waals surface area contributed by atoms with Crippen molar-refractivity contribution >= 4 is 41.1 Å². The van der Waals surface area contributed by atoms with Crippen LogP contribution in [0.25, 0.3) is 6.08 Å². The minimum atomic E-state index is -0.289. The molecule has 1 aliphatic rings. The molecule has 0 aromatic heterocycles. The van der Waals surface area contributed by atoms with Gasteiger partial charge in [-0.15, -0.1) is 0 Å². The Kier molecular flexibility index (Phi) is 5.26. The van der Waals surface area contributed by atoms with Gasteiger partial charge in [0.25, 0.3) is 0 Å². The third-order valence-electron chi connectivity index (χ3n) is 3.60. The van der Waals surface area contributed by atoms with E-state index in [-0.39, 0.29) is 17.7 Å². The molecule has 1 aromatic rings. The number of hydrogen-bond donors (Lipinski definition) is 1. The van der Waals surface area contributed by atoms with Crippen LogP contribution < -0.4 is 5.73 Å². The number of amides is 2. The van der Waals surface area contributed by atoms with Crippen molar-refractivity contribution in [1.29, 1.82) is 0 Å². The molecule has 2 rings (SSSR count). The second kappa shape index (κ2) is 6.96. The van der Waals surface area contributed by atoms with Crippen molar-refractivity contribution in [3.63, 3.8) is 0 Å². The quantitative estimate of drug-likeness (QED) is 0.868. The molecule has 4 nitrogen and oxygen atoms in total. The number of carbonyl (C=O) groups is 2. The lowest BCUT2D eigenvalue weighted by Crippen LogP contribution is -2.41. The van der Waals surface area contributed by atoms with E-state index >= 15 is 0 Å². The van der Waals surface area contributed by atoms with E-state index in [9.17, 15) is 9.59 Å². The van der Waals surface area contributed by atoms with Crippen molar-refractivity contribution in [2.75, 3.05) is 13.1 Å². The van der Waals surface area contributed by atoms with Crippen LogP contribution in [-0.4, -0.2) is 29.8 Å². The minimum Gasteiger partial charge on any atom is -0.369 e. The lowest BCUT2D eigenvalue weighted by Gasteiger charge is -2.29. The molecule has 0 spiro atoms. The van der Waals surface area contributed by atoms with E-state index in [2.05, 4.69) is 0 Å². The van der Waals surface area contributed by atoms with Crippen LogP contribution in [0.2, 0.25) is 10.0 Å². The summed E-state index contributed by atoms with van der Waals surface area (Å²) in [4.78, 5) is 24.9. The summed E-state index contributed by atoms with van der Waals surface area (Å²) in [6.07, 6.45) is 4.36. The molecule has 0 saturated carbocycles. The highest BCUT2D eigenvalue weighted by Gasteiger charge is 2.24. The zero-order chi connectivity index (χ0) is 15.4. The predicted molar refractivity (Wildman–Crippen MR) is 84.0 cm³/mol. The lowest BCUT2D eigenvalue weighted by atomic mass is 9.96. The molecule has 1 aliphatic heterocycles. The van der Waals surface area contributed by atoms with Crippen LogP contribution in [0.15, 0.2) is 24.3 Å². The van der Waals surface area contributed by atoms with Crippen LogP contribution in [0.4, 0.5) is 0 Å². The number of piperidine rings is 1. The molecule has 0 atom stereocenters. The third kappa shape index (κ3) is 3.99. The highest BCUT2D eigenvalue weighted by molar-refractivity contribution is 6.42. The maximum Gasteiger partial charge on any atom is 0.246 e. The van der Waals surface area contributed by atoms with E-state index in [0.717, 1.165) is 0 Å². The Morgan fingerprint density at radius 2 is 1.90 bits per heavy atom. The molecule has 0 aliphatic carbocycles. The van der Waals surface area contributed by atoms with Crippen molar-refractivity contribution in [3.8, 4) is 0 Å². The first kappa shape index (κ1) is 15.9. The van der Waals surface area contributed by atoms with Gasteiger partial charge in [-0.25, -0.2) is 0 Å². The fourth-order valence-electron chi connectivity index (χ4n) is 2.30. The van der Waals surface area contributed by atoms with E-state index in [0.29, 0.717) is 41.5 Å². The fraction of sp³-hybridized carbons (Fsp3) is 0.333. The number of nitrogens with two attached hydrogens (primary N) is 1. The molecule has 0 unspecified atom stereocenters. The Hall–Kier alpha value is -1.52. The lowest BCUT2D eigenvalue weighted by molar-refractivity contribution is -0.130. The van der Waals surface area contributed by atoms with Gasteiger partial charge in [0, 0.05) is 25.1 Å². The summed E-state index contributed by atoms with van der Waals surface area (Å²) in [5, 5.41) is 0.879. The maximum atomic E-state index is 12.1. The second-order valence-electron chi connectivity index (χ2n) is 4.98. The van der Waals surface area contributed by atoms with E-state index in [1.807, 2.05) is 0 Å². The number of nitrogens with zero attached hydrogens (tertiary/aromatic N) is 1. The standard InChI is InChI=1S/C15H16Cl2N2O2/c16-12-3-1-2-10(14(12)17)4-5-13(20)19-8-6-11(7-9-19)15(18)21/h1-5,11H,6-9H2,(H2,18,21). The molecular formula is C15H16Cl2N2O2. The van der Waals surface area contributed by atoms with Gasteiger partial charge >= 0.3 is 0 Å². The number of carbonyl (C=O) groups excluding carboxylic acids is 2. The van der Waals surface area contributed by atoms with Crippen molar-refractivity contribution in [2.24, 2.45) is 11.7 Å². The first-order chi connectivity index (χ1) is 9.99. The van der Waals surface area contributed by atoms with Gasteiger partial charge < -0.3 is 10.6 Å². The summed E-state index contributed by atoms with van der Waals surface area (Å²) in [6.45, 7) is 1.08. The molecule has 1 fully saturated rings. The van der Waals surface area contributed by atoms with Gasteiger partial charge in [0.1, 0.15) is 0 Å². The van der Waals surface area contributed by atoms with Crippen molar-refractivity contribution in [2.45, 2.75) is 12.8 Å². The van der Waals surface area contributed by atoms with Crippen LogP contribution in [-0.2, 0) is 9.59 Å². The van der Waals surface area contributed by atoms with Crippen LogP contribution >= 0.6 is 23.2 Å². The third-order valence-corrected chi connectivity index (χ3v) is 4.43. The van der Waals surface area contributed by atoms with Crippen LogP contribution in [0, 0.1) is 5.92 Å². The van der Waals surface area contributed by atoms with Crippen molar-refractivity contribution < 1.29 is 9.59 Å². The monoisotopic (exact) mass is 326 g/mol. The SMILES string of the molecule is NC(=O)C1CCN(C(=O)C=Cc2cccc(Cl)c2Cl)CC1. The smallest absolute Gasteiger partial charge is 0.246 e. The molecule has 1 saturated heterocycles. The predicted octanol–water partition coefficient (Wildman–Crippen LogP) is 2.73. The highest BCUT2D eigenvalue weighted by Crippen LogP contribution is 2.26. The fourth-order valence-corrected chi connectivity index (χ4v) is 2.67. The first-order valence-corrected chi connectivity index (χ1v) is 7.45. The largest absolute Gasteiger partial charge is 0.369 e. The van der Waals surface area contributed by atoms with Crippen LogP contribution in [0.1, 0.15) is 18.4 Å². The van der Waals surface area contributed by atoms with Gasteiger partial charge in [-0.1, -0.05) is 35.3 Å². The molecule has 2 N–H and O–H groups in total. The summed E-state index contributed by atoms with van der Waals surface area (Å²) in [5.74, 6) is -0.516. The molecule has 2 amide bonds. The van der Waals surface area contributed by atoms with Gasteiger partial charge in [0.05, 0.1) is 10.0 Å². The van der Waals surface area contributed by atoms with Crippen LogP contribution in [0.5, 0.6) is 0 Å². The number of halogens is 2. The molecule has 1 aromatic carbocycles. The Labute approximate surface area is 133 Å². The molecule has 6 heteroatoms. The molecule has 112 valence electrons. The first-order valence-electron chi connectivity index (χ1n) is 6.69. The second-order valence-corrected chi connectivity index (χ2v) is 5.76. The normalized spacial score (nSPS) is 16.4. The van der Waals surface area contributed by atoms with Crippen molar-refractivity contribution in [1.82, 2.24) is 4.90 Å². The van der Waals surface area contributed by atoms with Crippen LogP contribution in [0.3, 0.4) is 0 Å². The number of likely N-dealkylation sites (tertiary alicyclic amines) is 1. The van der Waals surface area contributed by atoms with E-state index in [4.69, 9.17) is 28.9 Å². The zero-order valence-electron chi connectivity index (χ0n) is 11.4. The minimum absolute atomic E-state index is 0.103. The zero-order valence-corrected chi connectivity index (χ0v) is 12.9. The summed E-state index contributed by atoms with van der Waals surface area (Å²) in [6, 6.07) is 5.26.